The third-order valence-electron chi connectivity index (χ3n) is 11.5. The molecule has 0 amide bonds. The summed E-state index contributed by atoms with van der Waals surface area (Å²) in [6.45, 7) is 0. The SMILES string of the molecule is c1ccc(-c2ccc(-c3c4ccccc4c(-c4ccc5c(c4)oc4c6ccccc6c6sc7ccccc7c6c54)c4ccccc34)c3ccccc23)cc1. The molecule has 0 atom stereocenters. The van der Waals surface area contributed by atoms with Crippen molar-refractivity contribution in [3.8, 4) is 33.4 Å². The molecular weight excluding hydrogens is 673 g/mol. The monoisotopic (exact) mass is 702 g/mol. The highest BCUT2D eigenvalue weighted by Crippen LogP contribution is 2.50. The molecular formula is C52H30OS. The lowest BCUT2D eigenvalue weighted by Gasteiger charge is -2.19. The molecule has 0 saturated carbocycles. The van der Waals surface area contributed by atoms with Crippen molar-refractivity contribution in [1.82, 2.24) is 0 Å². The average Bonchev–Trinajstić information content (AvgIpc) is 3.82. The van der Waals surface area contributed by atoms with E-state index in [2.05, 4.69) is 182 Å². The van der Waals surface area contributed by atoms with Crippen molar-refractivity contribution in [3.63, 3.8) is 0 Å². The zero-order chi connectivity index (χ0) is 35.3. The minimum absolute atomic E-state index is 0.912. The van der Waals surface area contributed by atoms with Gasteiger partial charge in [-0.2, -0.15) is 0 Å². The lowest BCUT2D eigenvalue weighted by molar-refractivity contribution is 0.673. The molecule has 250 valence electrons. The molecule has 0 N–H and O–H groups in total. The maximum atomic E-state index is 6.97. The second-order valence-electron chi connectivity index (χ2n) is 14.3. The molecule has 54 heavy (non-hydrogen) atoms. The third-order valence-corrected chi connectivity index (χ3v) is 12.7. The molecule has 10 aromatic carbocycles. The second kappa shape index (κ2) is 11.4. The summed E-state index contributed by atoms with van der Waals surface area (Å²) in [5.41, 5.74) is 9.25. The van der Waals surface area contributed by atoms with E-state index in [0.717, 1.165) is 27.5 Å². The molecule has 2 heterocycles. The summed E-state index contributed by atoms with van der Waals surface area (Å²) in [4.78, 5) is 0. The molecule has 2 aromatic heterocycles. The Kier molecular flexibility index (Phi) is 6.28. The number of benzene rings is 10. The first-order chi connectivity index (χ1) is 26.8. The Labute approximate surface area is 314 Å². The number of fused-ring (bicyclic) bond motifs is 13. The van der Waals surface area contributed by atoms with Crippen molar-refractivity contribution in [2.75, 3.05) is 0 Å². The van der Waals surface area contributed by atoms with Gasteiger partial charge >= 0.3 is 0 Å². The number of rotatable bonds is 3. The minimum Gasteiger partial charge on any atom is -0.455 e. The van der Waals surface area contributed by atoms with E-state index in [1.165, 1.54) is 91.1 Å². The molecule has 2 heteroatoms. The van der Waals surface area contributed by atoms with Crippen LogP contribution in [0.3, 0.4) is 0 Å². The molecule has 0 radical (unpaired) electrons. The molecule has 12 rings (SSSR count). The van der Waals surface area contributed by atoms with Gasteiger partial charge in [-0.3, -0.25) is 0 Å². The van der Waals surface area contributed by atoms with Crippen LogP contribution < -0.4 is 0 Å². The maximum Gasteiger partial charge on any atom is 0.143 e. The molecule has 12 aromatic rings. The van der Waals surface area contributed by atoms with Gasteiger partial charge in [0.25, 0.3) is 0 Å². The molecule has 0 bridgehead atoms. The molecule has 0 aliphatic carbocycles. The lowest BCUT2D eigenvalue weighted by atomic mass is 9.83. The third kappa shape index (κ3) is 4.14. The Bertz CT molecular complexity index is 3440. The number of hydrogen-bond donors (Lipinski definition) is 0. The minimum atomic E-state index is 0.912. The van der Waals surface area contributed by atoms with Crippen LogP contribution in [-0.2, 0) is 0 Å². The molecule has 0 fully saturated rings. The highest BCUT2D eigenvalue weighted by Gasteiger charge is 2.22. The Morgan fingerprint density at radius 2 is 0.870 bits per heavy atom. The predicted octanol–water partition coefficient (Wildman–Crippen LogP) is 15.6. The Morgan fingerprint density at radius 3 is 1.57 bits per heavy atom. The molecule has 1 nitrogen and oxygen atoms in total. The zero-order valence-electron chi connectivity index (χ0n) is 29.1. The highest BCUT2D eigenvalue weighted by atomic mass is 32.1. The summed E-state index contributed by atoms with van der Waals surface area (Å²) >= 11 is 1.88. The molecule has 0 saturated heterocycles. The van der Waals surface area contributed by atoms with Gasteiger partial charge in [0.05, 0.1) is 0 Å². The standard InChI is InChI=1S/C52H30OS/c1-2-14-31(15-3-1)33-28-29-40(35-17-5-4-16-34(33)35)48-38-20-8-6-18-36(38)47(37-19-7-9-21-39(37)48)32-26-27-43-45(30-32)53-51-41-22-10-11-23-42(41)52-50(49(43)51)44-24-12-13-25-46(44)54-52/h1-30H. The van der Waals surface area contributed by atoms with Gasteiger partial charge in [0.1, 0.15) is 11.2 Å². The number of hydrogen-bond acceptors (Lipinski definition) is 2. The largest absolute Gasteiger partial charge is 0.455 e. The van der Waals surface area contributed by atoms with Crippen LogP contribution >= 0.6 is 11.3 Å². The van der Waals surface area contributed by atoms with Crippen molar-refractivity contribution in [3.05, 3.63) is 182 Å². The first-order valence-electron chi connectivity index (χ1n) is 18.5. The summed E-state index contributed by atoms with van der Waals surface area (Å²) in [5.74, 6) is 0. The summed E-state index contributed by atoms with van der Waals surface area (Å²) < 4.78 is 9.60. The van der Waals surface area contributed by atoms with Crippen molar-refractivity contribution < 1.29 is 4.42 Å². The average molecular weight is 703 g/mol. The fourth-order valence-electron chi connectivity index (χ4n) is 9.17. The van der Waals surface area contributed by atoms with E-state index in [-0.39, 0.29) is 0 Å². The zero-order valence-corrected chi connectivity index (χ0v) is 30.0. The number of furan rings is 1. The van der Waals surface area contributed by atoms with Gasteiger partial charge in [-0.1, -0.05) is 164 Å². The summed E-state index contributed by atoms with van der Waals surface area (Å²) in [5, 5.41) is 14.8. The number of thiophene rings is 1. The normalized spacial score (nSPS) is 12.1. The van der Waals surface area contributed by atoms with E-state index in [9.17, 15) is 0 Å². The first-order valence-corrected chi connectivity index (χ1v) is 19.3. The van der Waals surface area contributed by atoms with Gasteiger partial charge in [-0.05, 0) is 83.9 Å². The predicted molar refractivity (Wildman–Crippen MR) is 233 cm³/mol. The van der Waals surface area contributed by atoms with Crippen molar-refractivity contribution >= 4 is 96.5 Å². The van der Waals surface area contributed by atoms with E-state index in [1.807, 2.05) is 11.3 Å². The first kappa shape index (κ1) is 29.8. The van der Waals surface area contributed by atoms with Crippen LogP contribution in [0.5, 0.6) is 0 Å². The van der Waals surface area contributed by atoms with E-state index < -0.39 is 0 Å². The Morgan fingerprint density at radius 1 is 0.333 bits per heavy atom. The second-order valence-corrected chi connectivity index (χ2v) is 15.3. The summed E-state index contributed by atoms with van der Waals surface area (Å²) in [7, 11) is 0. The van der Waals surface area contributed by atoms with Gasteiger partial charge in [-0.15, -0.1) is 11.3 Å². The van der Waals surface area contributed by atoms with Crippen LogP contribution in [0.25, 0.3) is 119 Å². The quantitative estimate of drug-likeness (QED) is 0.167. The van der Waals surface area contributed by atoms with Crippen LogP contribution in [0, 0.1) is 0 Å². The van der Waals surface area contributed by atoms with E-state index in [1.54, 1.807) is 0 Å². The summed E-state index contributed by atoms with van der Waals surface area (Å²) in [6, 6.07) is 66.5. The van der Waals surface area contributed by atoms with Gasteiger partial charge < -0.3 is 4.42 Å². The van der Waals surface area contributed by atoms with Crippen LogP contribution in [0.15, 0.2) is 186 Å². The topological polar surface area (TPSA) is 13.1 Å². The van der Waals surface area contributed by atoms with Crippen LogP contribution in [0.4, 0.5) is 0 Å². The van der Waals surface area contributed by atoms with Crippen LogP contribution in [0.2, 0.25) is 0 Å². The Hall–Kier alpha value is -6.74. The van der Waals surface area contributed by atoms with E-state index in [0.29, 0.717) is 0 Å². The molecule has 0 aliphatic heterocycles. The van der Waals surface area contributed by atoms with Gasteiger partial charge in [-0.25, -0.2) is 0 Å². The smallest absolute Gasteiger partial charge is 0.143 e. The van der Waals surface area contributed by atoms with E-state index >= 15 is 0 Å². The molecule has 0 aliphatic rings. The molecule has 0 unspecified atom stereocenters. The fraction of sp³-hybridized carbons (Fsp3) is 0. The van der Waals surface area contributed by atoms with Crippen molar-refractivity contribution in [2.45, 2.75) is 0 Å². The van der Waals surface area contributed by atoms with Gasteiger partial charge in [0.15, 0.2) is 0 Å². The summed E-state index contributed by atoms with van der Waals surface area (Å²) in [6.07, 6.45) is 0. The Balaban J connectivity index is 1.15. The van der Waals surface area contributed by atoms with Crippen molar-refractivity contribution in [2.24, 2.45) is 0 Å². The van der Waals surface area contributed by atoms with Gasteiger partial charge in [0.2, 0.25) is 0 Å². The lowest BCUT2D eigenvalue weighted by Crippen LogP contribution is -1.92. The van der Waals surface area contributed by atoms with E-state index in [4.69, 9.17) is 4.42 Å². The highest BCUT2D eigenvalue weighted by molar-refractivity contribution is 7.27. The van der Waals surface area contributed by atoms with Crippen LogP contribution in [0.1, 0.15) is 0 Å². The fourth-order valence-corrected chi connectivity index (χ4v) is 10.4. The van der Waals surface area contributed by atoms with Crippen LogP contribution in [-0.4, -0.2) is 0 Å². The molecule has 0 spiro atoms. The maximum absolute atomic E-state index is 6.97. The van der Waals surface area contributed by atoms with Gasteiger partial charge in [0, 0.05) is 41.7 Å². The van der Waals surface area contributed by atoms with Crippen molar-refractivity contribution in [1.29, 1.82) is 0 Å².